The average molecular weight is 211 g/mol. The molecule has 15 heavy (non-hydrogen) atoms. The molecule has 2 fully saturated rings. The molecule has 0 unspecified atom stereocenters. The Bertz CT molecular complexity index is 209. The highest BCUT2D eigenvalue weighted by Crippen LogP contribution is 2.55. The summed E-state index contributed by atoms with van der Waals surface area (Å²) in [4.78, 5) is 0. The summed E-state index contributed by atoms with van der Waals surface area (Å²) in [6.07, 6.45) is 10.1. The molecule has 2 aliphatic rings. The Balaban J connectivity index is 2.00. The fourth-order valence-corrected chi connectivity index (χ4v) is 3.96. The minimum atomic E-state index is -0.425. The van der Waals surface area contributed by atoms with Gasteiger partial charge < -0.3 is 10.8 Å². The summed E-state index contributed by atoms with van der Waals surface area (Å²) >= 11 is 0. The zero-order chi connectivity index (χ0) is 10.9. The number of rotatable bonds is 2. The van der Waals surface area contributed by atoms with Crippen molar-refractivity contribution in [1.29, 1.82) is 0 Å². The van der Waals surface area contributed by atoms with Crippen molar-refractivity contribution < 1.29 is 5.11 Å². The Morgan fingerprint density at radius 1 is 1.13 bits per heavy atom. The lowest BCUT2D eigenvalue weighted by molar-refractivity contribution is -0.139. The molecule has 0 aromatic rings. The molecule has 0 aromatic heterocycles. The van der Waals surface area contributed by atoms with E-state index in [0.29, 0.717) is 0 Å². The van der Waals surface area contributed by atoms with Crippen molar-refractivity contribution in [1.82, 2.24) is 0 Å². The van der Waals surface area contributed by atoms with Crippen molar-refractivity contribution in [3.8, 4) is 0 Å². The largest absolute Gasteiger partial charge is 0.390 e. The van der Waals surface area contributed by atoms with E-state index < -0.39 is 5.60 Å². The van der Waals surface area contributed by atoms with E-state index in [1.165, 1.54) is 38.5 Å². The summed E-state index contributed by atoms with van der Waals surface area (Å²) in [5.74, 6) is 0.783. The topological polar surface area (TPSA) is 46.2 Å². The van der Waals surface area contributed by atoms with Crippen LogP contribution in [0.1, 0.15) is 58.3 Å². The minimum Gasteiger partial charge on any atom is -0.390 e. The Labute approximate surface area is 93.2 Å². The van der Waals surface area contributed by atoms with E-state index in [1.54, 1.807) is 0 Å². The summed E-state index contributed by atoms with van der Waals surface area (Å²) in [6.45, 7) is 2.73. The third kappa shape index (κ3) is 2.21. The van der Waals surface area contributed by atoms with Gasteiger partial charge in [-0.25, -0.2) is 0 Å². The Morgan fingerprint density at radius 3 is 2.07 bits per heavy atom. The summed E-state index contributed by atoms with van der Waals surface area (Å²) < 4.78 is 0. The van der Waals surface area contributed by atoms with Crippen LogP contribution in [-0.4, -0.2) is 17.3 Å². The van der Waals surface area contributed by atoms with Crippen LogP contribution in [0.25, 0.3) is 0 Å². The van der Waals surface area contributed by atoms with Crippen LogP contribution < -0.4 is 5.73 Å². The van der Waals surface area contributed by atoms with Gasteiger partial charge in [-0.2, -0.15) is 0 Å². The zero-order valence-corrected chi connectivity index (χ0v) is 9.97. The fraction of sp³-hybridized carbons (Fsp3) is 1.00. The molecule has 0 spiro atoms. The van der Waals surface area contributed by atoms with Gasteiger partial charge in [-0.1, -0.05) is 25.7 Å². The first-order valence-corrected chi connectivity index (χ1v) is 6.50. The standard InChI is InChI=1S/C13H25NO/c1-12(15)8-13(9-12,10-14)11-6-4-2-3-5-7-11/h11,15H,2-10,14H2,1H3. The van der Waals surface area contributed by atoms with Gasteiger partial charge in [0.2, 0.25) is 0 Å². The molecular formula is C13H25NO. The van der Waals surface area contributed by atoms with E-state index in [2.05, 4.69) is 0 Å². The molecule has 0 heterocycles. The maximum absolute atomic E-state index is 9.93. The highest BCUT2D eigenvalue weighted by atomic mass is 16.3. The Morgan fingerprint density at radius 2 is 1.67 bits per heavy atom. The van der Waals surface area contributed by atoms with Crippen LogP contribution in [0, 0.1) is 11.3 Å². The van der Waals surface area contributed by atoms with Crippen molar-refractivity contribution in [2.24, 2.45) is 17.1 Å². The van der Waals surface area contributed by atoms with Gasteiger partial charge in [0.25, 0.3) is 0 Å². The molecule has 2 rings (SSSR count). The van der Waals surface area contributed by atoms with E-state index in [4.69, 9.17) is 5.73 Å². The van der Waals surface area contributed by atoms with Crippen molar-refractivity contribution in [3.63, 3.8) is 0 Å². The van der Waals surface area contributed by atoms with E-state index in [0.717, 1.165) is 25.3 Å². The summed E-state index contributed by atoms with van der Waals surface area (Å²) in [6, 6.07) is 0. The minimum absolute atomic E-state index is 0.286. The van der Waals surface area contributed by atoms with Crippen LogP contribution in [0.15, 0.2) is 0 Å². The molecule has 2 heteroatoms. The van der Waals surface area contributed by atoms with Crippen LogP contribution in [0.5, 0.6) is 0 Å². The first-order chi connectivity index (χ1) is 7.08. The van der Waals surface area contributed by atoms with Crippen LogP contribution in [0.3, 0.4) is 0 Å². The van der Waals surface area contributed by atoms with E-state index in [-0.39, 0.29) is 5.41 Å². The van der Waals surface area contributed by atoms with Gasteiger partial charge in [-0.05, 0) is 50.5 Å². The summed E-state index contributed by atoms with van der Waals surface area (Å²) in [5, 5.41) is 9.93. The van der Waals surface area contributed by atoms with E-state index in [9.17, 15) is 5.11 Å². The predicted molar refractivity (Wildman–Crippen MR) is 62.5 cm³/mol. The average Bonchev–Trinajstić information content (AvgIpc) is 2.41. The smallest absolute Gasteiger partial charge is 0.0631 e. The van der Waals surface area contributed by atoms with Gasteiger partial charge in [0.1, 0.15) is 0 Å². The fourth-order valence-electron chi connectivity index (χ4n) is 3.96. The molecule has 0 saturated heterocycles. The lowest BCUT2D eigenvalue weighted by Gasteiger charge is -2.55. The van der Waals surface area contributed by atoms with Gasteiger partial charge in [-0.15, -0.1) is 0 Å². The SMILES string of the molecule is CC1(O)CC(CN)(C2CCCCCC2)C1. The second kappa shape index (κ2) is 4.06. The number of hydrogen-bond acceptors (Lipinski definition) is 2. The van der Waals surface area contributed by atoms with Crippen molar-refractivity contribution in [3.05, 3.63) is 0 Å². The van der Waals surface area contributed by atoms with Crippen LogP contribution >= 0.6 is 0 Å². The second-order valence-electron chi connectivity index (χ2n) is 6.11. The second-order valence-corrected chi connectivity index (χ2v) is 6.11. The first kappa shape index (κ1) is 11.4. The Kier molecular flexibility index (Phi) is 3.09. The maximum atomic E-state index is 9.93. The Hall–Kier alpha value is -0.0800. The number of aliphatic hydroxyl groups is 1. The molecule has 88 valence electrons. The highest BCUT2D eigenvalue weighted by molar-refractivity contribution is 5.05. The zero-order valence-electron chi connectivity index (χ0n) is 9.97. The molecule has 3 N–H and O–H groups in total. The van der Waals surface area contributed by atoms with Gasteiger partial charge >= 0.3 is 0 Å². The molecule has 2 saturated carbocycles. The van der Waals surface area contributed by atoms with Crippen molar-refractivity contribution in [2.45, 2.75) is 63.9 Å². The molecule has 2 nitrogen and oxygen atoms in total. The van der Waals surface area contributed by atoms with Gasteiger partial charge in [0, 0.05) is 0 Å². The maximum Gasteiger partial charge on any atom is 0.0631 e. The lowest BCUT2D eigenvalue weighted by atomic mass is 9.53. The third-order valence-electron chi connectivity index (χ3n) is 4.59. The predicted octanol–water partition coefficient (Wildman–Crippen LogP) is 2.45. The van der Waals surface area contributed by atoms with Gasteiger partial charge in [0.05, 0.1) is 5.60 Å². The van der Waals surface area contributed by atoms with Crippen molar-refractivity contribution >= 4 is 0 Å². The molecule has 0 radical (unpaired) electrons. The third-order valence-corrected chi connectivity index (χ3v) is 4.59. The normalized spacial score (nSPS) is 43.4. The van der Waals surface area contributed by atoms with Crippen LogP contribution in [0.2, 0.25) is 0 Å². The molecule has 2 aliphatic carbocycles. The summed E-state index contributed by atoms with van der Waals surface area (Å²) in [5.41, 5.74) is 5.82. The van der Waals surface area contributed by atoms with Gasteiger partial charge in [-0.3, -0.25) is 0 Å². The van der Waals surface area contributed by atoms with Crippen molar-refractivity contribution in [2.75, 3.05) is 6.54 Å². The monoisotopic (exact) mass is 211 g/mol. The molecule has 0 amide bonds. The number of nitrogens with two attached hydrogens (primary N) is 1. The van der Waals surface area contributed by atoms with E-state index >= 15 is 0 Å². The quantitative estimate of drug-likeness (QED) is 0.689. The van der Waals surface area contributed by atoms with E-state index in [1.807, 2.05) is 6.92 Å². The first-order valence-electron chi connectivity index (χ1n) is 6.50. The lowest BCUT2D eigenvalue weighted by Crippen LogP contribution is -2.57. The van der Waals surface area contributed by atoms with Crippen LogP contribution in [0.4, 0.5) is 0 Å². The van der Waals surface area contributed by atoms with Gasteiger partial charge in [0.15, 0.2) is 0 Å². The molecule has 0 aromatic carbocycles. The van der Waals surface area contributed by atoms with Crippen LogP contribution in [-0.2, 0) is 0 Å². The molecule has 0 aliphatic heterocycles. The number of hydrogen-bond donors (Lipinski definition) is 2. The molecule has 0 atom stereocenters. The highest BCUT2D eigenvalue weighted by Gasteiger charge is 2.53. The summed E-state index contributed by atoms with van der Waals surface area (Å²) in [7, 11) is 0. The molecular weight excluding hydrogens is 186 g/mol. The molecule has 0 bridgehead atoms.